The number of piperidine rings is 1. The molecule has 26 heavy (non-hydrogen) atoms. The first-order valence-electron chi connectivity index (χ1n) is 9.72. The Bertz CT molecular complexity index is 566. The second-order valence-corrected chi connectivity index (χ2v) is 7.46. The molecule has 144 valence electrons. The normalized spacial score (nSPS) is 17.1. The molecule has 1 N–H and O–H groups in total. The van der Waals surface area contributed by atoms with Crippen molar-refractivity contribution in [2.75, 3.05) is 26.2 Å². The lowest BCUT2D eigenvalue weighted by Gasteiger charge is -2.31. The summed E-state index contributed by atoms with van der Waals surface area (Å²) in [6, 6.07) is 10.2. The summed E-state index contributed by atoms with van der Waals surface area (Å²) < 4.78 is 5.10. The van der Waals surface area contributed by atoms with Crippen molar-refractivity contribution in [2.45, 2.75) is 46.1 Å². The molecule has 1 saturated heterocycles. The van der Waals surface area contributed by atoms with Crippen molar-refractivity contribution < 1.29 is 14.3 Å². The van der Waals surface area contributed by atoms with E-state index in [0.29, 0.717) is 19.1 Å². The van der Waals surface area contributed by atoms with E-state index in [2.05, 4.69) is 36.2 Å². The van der Waals surface area contributed by atoms with E-state index in [1.807, 2.05) is 25.1 Å². The molecule has 1 amide bonds. The van der Waals surface area contributed by atoms with Crippen molar-refractivity contribution in [3.05, 3.63) is 35.9 Å². The molecule has 2 rings (SSSR count). The van der Waals surface area contributed by atoms with Gasteiger partial charge in [-0.05, 0) is 50.8 Å². The van der Waals surface area contributed by atoms with Crippen LogP contribution in [0.4, 0.5) is 0 Å². The minimum atomic E-state index is -0.0994. The van der Waals surface area contributed by atoms with E-state index in [1.54, 1.807) is 0 Å². The smallest absolute Gasteiger partial charge is 0.309 e. The molecule has 1 fully saturated rings. The van der Waals surface area contributed by atoms with Gasteiger partial charge in [0.05, 0.1) is 25.1 Å². The van der Waals surface area contributed by atoms with Crippen LogP contribution in [0.2, 0.25) is 0 Å². The van der Waals surface area contributed by atoms with Crippen LogP contribution in [0, 0.1) is 11.8 Å². The van der Waals surface area contributed by atoms with E-state index < -0.39 is 0 Å². The predicted molar refractivity (Wildman–Crippen MR) is 103 cm³/mol. The zero-order valence-electron chi connectivity index (χ0n) is 16.2. The van der Waals surface area contributed by atoms with E-state index in [4.69, 9.17) is 4.74 Å². The zero-order chi connectivity index (χ0) is 18.9. The maximum Gasteiger partial charge on any atom is 0.309 e. The fourth-order valence-corrected chi connectivity index (χ4v) is 3.47. The molecule has 5 heteroatoms. The maximum atomic E-state index is 12.5. The standard InChI is InChI=1S/C21H32N2O3/c1-4-26-21(25)18-10-12-23(13-11-18)15-20(24)22-19(14-16(2)3)17-8-6-5-7-9-17/h5-9,16,18-19H,4,10-15H2,1-3H3,(H,22,24)/t19-/m1/s1. The minimum absolute atomic E-state index is 0.0210. The first kappa shape index (κ1) is 20.4. The number of rotatable bonds is 8. The summed E-state index contributed by atoms with van der Waals surface area (Å²) in [6.07, 6.45) is 2.45. The van der Waals surface area contributed by atoms with E-state index in [0.717, 1.165) is 37.9 Å². The Labute approximate surface area is 157 Å². The van der Waals surface area contributed by atoms with Crippen LogP contribution in [0.15, 0.2) is 30.3 Å². The molecule has 1 aromatic rings. The Morgan fingerprint density at radius 2 is 1.85 bits per heavy atom. The summed E-state index contributed by atoms with van der Waals surface area (Å²) in [5.74, 6) is 0.430. The summed E-state index contributed by atoms with van der Waals surface area (Å²) in [6.45, 7) is 8.51. The molecule has 0 radical (unpaired) electrons. The molecule has 0 bridgehead atoms. The Kier molecular flexibility index (Phi) is 8.10. The molecule has 1 aromatic carbocycles. The number of carbonyl (C=O) groups is 2. The van der Waals surface area contributed by atoms with Gasteiger partial charge in [-0.3, -0.25) is 14.5 Å². The number of nitrogens with zero attached hydrogens (tertiary/aromatic N) is 1. The van der Waals surface area contributed by atoms with Crippen molar-refractivity contribution in [1.29, 1.82) is 0 Å². The van der Waals surface area contributed by atoms with Crippen LogP contribution in [0.5, 0.6) is 0 Å². The quantitative estimate of drug-likeness (QED) is 0.724. The minimum Gasteiger partial charge on any atom is -0.466 e. The van der Waals surface area contributed by atoms with Crippen LogP contribution in [-0.2, 0) is 14.3 Å². The lowest BCUT2D eigenvalue weighted by atomic mass is 9.96. The number of hydrogen-bond acceptors (Lipinski definition) is 4. The number of nitrogens with one attached hydrogen (secondary N) is 1. The molecule has 1 aliphatic rings. The van der Waals surface area contributed by atoms with Crippen molar-refractivity contribution in [2.24, 2.45) is 11.8 Å². The molecular weight excluding hydrogens is 328 g/mol. The van der Waals surface area contributed by atoms with Gasteiger partial charge in [0.2, 0.25) is 5.91 Å². The number of esters is 1. The third kappa shape index (κ3) is 6.45. The van der Waals surface area contributed by atoms with Gasteiger partial charge in [-0.1, -0.05) is 44.2 Å². The van der Waals surface area contributed by atoms with Gasteiger partial charge in [-0.2, -0.15) is 0 Å². The number of ether oxygens (including phenoxy) is 1. The van der Waals surface area contributed by atoms with Crippen LogP contribution in [-0.4, -0.2) is 43.0 Å². The number of amides is 1. The zero-order valence-corrected chi connectivity index (χ0v) is 16.2. The van der Waals surface area contributed by atoms with Crippen molar-refractivity contribution in [1.82, 2.24) is 10.2 Å². The molecular formula is C21H32N2O3. The van der Waals surface area contributed by atoms with E-state index in [9.17, 15) is 9.59 Å². The summed E-state index contributed by atoms with van der Waals surface area (Å²) in [5.41, 5.74) is 1.15. The third-order valence-electron chi connectivity index (χ3n) is 4.82. The molecule has 0 unspecified atom stereocenters. The van der Waals surface area contributed by atoms with Gasteiger partial charge in [-0.25, -0.2) is 0 Å². The maximum absolute atomic E-state index is 12.5. The van der Waals surface area contributed by atoms with E-state index in [-0.39, 0.29) is 23.8 Å². The highest BCUT2D eigenvalue weighted by atomic mass is 16.5. The predicted octanol–water partition coefficient (Wildman–Crippen LogP) is 3.17. The van der Waals surface area contributed by atoms with Crippen molar-refractivity contribution in [3.8, 4) is 0 Å². The molecule has 0 aliphatic carbocycles. The molecule has 1 aliphatic heterocycles. The lowest BCUT2D eigenvalue weighted by Crippen LogP contribution is -2.43. The van der Waals surface area contributed by atoms with E-state index in [1.165, 1.54) is 0 Å². The number of carbonyl (C=O) groups excluding carboxylic acids is 2. The van der Waals surface area contributed by atoms with Gasteiger partial charge in [0, 0.05) is 0 Å². The Balaban J connectivity index is 1.84. The average Bonchev–Trinajstić information content (AvgIpc) is 2.62. The SMILES string of the molecule is CCOC(=O)C1CCN(CC(=O)N[C@H](CC(C)C)c2ccccc2)CC1. The monoisotopic (exact) mass is 360 g/mol. The first-order valence-corrected chi connectivity index (χ1v) is 9.72. The van der Waals surface area contributed by atoms with Gasteiger partial charge in [0.15, 0.2) is 0 Å². The summed E-state index contributed by atoms with van der Waals surface area (Å²) in [7, 11) is 0. The fourth-order valence-electron chi connectivity index (χ4n) is 3.47. The lowest BCUT2D eigenvalue weighted by molar-refractivity contribution is -0.149. The second-order valence-electron chi connectivity index (χ2n) is 7.46. The Morgan fingerprint density at radius 1 is 1.19 bits per heavy atom. The van der Waals surface area contributed by atoms with Gasteiger partial charge in [0.1, 0.15) is 0 Å². The van der Waals surface area contributed by atoms with Crippen molar-refractivity contribution in [3.63, 3.8) is 0 Å². The molecule has 0 saturated carbocycles. The molecule has 1 atom stereocenters. The Morgan fingerprint density at radius 3 is 2.42 bits per heavy atom. The highest BCUT2D eigenvalue weighted by Crippen LogP contribution is 2.22. The summed E-state index contributed by atoms with van der Waals surface area (Å²) >= 11 is 0. The Hall–Kier alpha value is -1.88. The molecule has 1 heterocycles. The number of hydrogen-bond donors (Lipinski definition) is 1. The van der Waals surface area contributed by atoms with Crippen LogP contribution in [0.3, 0.4) is 0 Å². The van der Waals surface area contributed by atoms with Gasteiger partial charge >= 0.3 is 5.97 Å². The van der Waals surface area contributed by atoms with E-state index >= 15 is 0 Å². The molecule has 5 nitrogen and oxygen atoms in total. The van der Waals surface area contributed by atoms with Crippen LogP contribution < -0.4 is 5.32 Å². The average molecular weight is 360 g/mol. The largest absolute Gasteiger partial charge is 0.466 e. The fraction of sp³-hybridized carbons (Fsp3) is 0.619. The highest BCUT2D eigenvalue weighted by molar-refractivity contribution is 5.78. The second kappa shape index (κ2) is 10.3. The van der Waals surface area contributed by atoms with Crippen molar-refractivity contribution >= 4 is 11.9 Å². The molecule has 0 spiro atoms. The summed E-state index contributed by atoms with van der Waals surface area (Å²) in [5, 5.41) is 3.19. The summed E-state index contributed by atoms with van der Waals surface area (Å²) in [4.78, 5) is 26.5. The topological polar surface area (TPSA) is 58.6 Å². The number of benzene rings is 1. The molecule has 0 aromatic heterocycles. The van der Waals surface area contributed by atoms with Gasteiger partial charge < -0.3 is 10.1 Å². The first-order chi connectivity index (χ1) is 12.5. The van der Waals surface area contributed by atoms with Gasteiger partial charge in [0.25, 0.3) is 0 Å². The number of likely N-dealkylation sites (tertiary alicyclic amines) is 1. The third-order valence-corrected chi connectivity index (χ3v) is 4.82. The van der Waals surface area contributed by atoms with Crippen LogP contribution in [0.1, 0.15) is 51.6 Å². The van der Waals surface area contributed by atoms with Crippen LogP contribution in [0.25, 0.3) is 0 Å². The van der Waals surface area contributed by atoms with Crippen LogP contribution >= 0.6 is 0 Å². The highest BCUT2D eigenvalue weighted by Gasteiger charge is 2.27. The van der Waals surface area contributed by atoms with Gasteiger partial charge in [-0.15, -0.1) is 0 Å².